The normalized spacial score (nSPS) is 14.6. The highest BCUT2D eigenvalue weighted by atomic mass is 35.5. The van der Waals surface area contributed by atoms with E-state index in [2.05, 4.69) is 29.6 Å². The lowest BCUT2D eigenvalue weighted by Crippen LogP contribution is -2.30. The quantitative estimate of drug-likeness (QED) is 0.493. The summed E-state index contributed by atoms with van der Waals surface area (Å²) in [5.74, 6) is -0.000797. The maximum Gasteiger partial charge on any atom is 0.407 e. The molecule has 1 aliphatic rings. The van der Waals surface area contributed by atoms with Gasteiger partial charge in [0.25, 0.3) is 0 Å². The molecule has 0 spiro atoms. The second kappa shape index (κ2) is 9.18. The number of hydrogen-bond donors (Lipinski definition) is 3. The Morgan fingerprint density at radius 2 is 1.67 bits per heavy atom. The Labute approximate surface area is 183 Å². The van der Waals surface area contributed by atoms with E-state index in [1.807, 2.05) is 24.3 Å². The number of alkyl carbamates (subject to hydrolysis) is 1. The highest BCUT2D eigenvalue weighted by molar-refractivity contribution is 7.16. The Balaban J connectivity index is 1.28. The summed E-state index contributed by atoms with van der Waals surface area (Å²) in [4.78, 5) is 12.7. The first kappa shape index (κ1) is 20.9. The maximum absolute atomic E-state index is 12.2. The minimum Gasteiger partial charge on any atom is -0.449 e. The van der Waals surface area contributed by atoms with Gasteiger partial charge < -0.3 is 20.3 Å². The number of aliphatic hydroxyl groups is 2. The number of fused-ring (bicyclic) bond motifs is 3. The first-order chi connectivity index (χ1) is 14.5. The third-order valence-corrected chi connectivity index (χ3v) is 6.60. The number of nitrogens with one attached hydrogen (secondary N) is 1. The van der Waals surface area contributed by atoms with Crippen molar-refractivity contribution < 1.29 is 19.7 Å². The summed E-state index contributed by atoms with van der Waals surface area (Å²) in [7, 11) is 0. The van der Waals surface area contributed by atoms with Gasteiger partial charge in [-0.05, 0) is 40.8 Å². The summed E-state index contributed by atoms with van der Waals surface area (Å²) in [6, 6.07) is 19.7. The molecule has 0 saturated heterocycles. The summed E-state index contributed by atoms with van der Waals surface area (Å²) in [5, 5.41) is 22.9. The largest absolute Gasteiger partial charge is 0.449 e. The van der Waals surface area contributed by atoms with Gasteiger partial charge in [0, 0.05) is 17.3 Å². The Kier molecular flexibility index (Phi) is 6.39. The summed E-state index contributed by atoms with van der Waals surface area (Å²) in [6.07, 6.45) is -2.39. The molecule has 0 radical (unpaired) electrons. The first-order valence-electron chi connectivity index (χ1n) is 9.75. The third kappa shape index (κ3) is 4.37. The molecule has 2 atom stereocenters. The first-order valence-corrected chi connectivity index (χ1v) is 10.9. The molecule has 4 rings (SSSR count). The molecular weight excluding hydrogens is 422 g/mol. The van der Waals surface area contributed by atoms with Gasteiger partial charge in [0.2, 0.25) is 0 Å². The summed E-state index contributed by atoms with van der Waals surface area (Å²) < 4.78 is 6.01. The molecule has 2 unspecified atom stereocenters. The van der Waals surface area contributed by atoms with Crippen LogP contribution in [0.1, 0.15) is 34.4 Å². The minimum atomic E-state index is -1.04. The molecule has 0 bridgehead atoms. The van der Waals surface area contributed by atoms with Gasteiger partial charge in [0.1, 0.15) is 12.7 Å². The number of amides is 1. The molecule has 3 aromatic rings. The molecule has 3 N–H and O–H groups in total. The summed E-state index contributed by atoms with van der Waals surface area (Å²) >= 11 is 7.08. The van der Waals surface area contributed by atoms with Crippen molar-refractivity contribution in [2.45, 2.75) is 24.5 Å². The zero-order valence-electron chi connectivity index (χ0n) is 16.1. The fraction of sp³-hybridized carbons (Fsp3) is 0.261. The van der Waals surface area contributed by atoms with Gasteiger partial charge in [-0.25, -0.2) is 4.79 Å². The van der Waals surface area contributed by atoms with Crippen LogP contribution in [0.2, 0.25) is 4.34 Å². The molecular formula is C23H22ClNO4S. The van der Waals surface area contributed by atoms with E-state index in [4.69, 9.17) is 16.3 Å². The lowest BCUT2D eigenvalue weighted by molar-refractivity contribution is 0.0158. The van der Waals surface area contributed by atoms with E-state index >= 15 is 0 Å². The highest BCUT2D eigenvalue weighted by Gasteiger charge is 2.29. The molecule has 30 heavy (non-hydrogen) atoms. The molecule has 0 fully saturated rings. The molecule has 156 valence electrons. The molecule has 1 aliphatic carbocycles. The van der Waals surface area contributed by atoms with Crippen molar-refractivity contribution >= 4 is 29.0 Å². The Morgan fingerprint density at radius 3 is 2.27 bits per heavy atom. The summed E-state index contributed by atoms with van der Waals surface area (Å²) in [5.41, 5.74) is 4.65. The highest BCUT2D eigenvalue weighted by Crippen LogP contribution is 2.44. The third-order valence-electron chi connectivity index (χ3n) is 5.30. The van der Waals surface area contributed by atoms with Crippen LogP contribution in [0.4, 0.5) is 4.79 Å². The Morgan fingerprint density at radius 1 is 1.03 bits per heavy atom. The van der Waals surface area contributed by atoms with Crippen LogP contribution in [-0.2, 0) is 4.74 Å². The van der Waals surface area contributed by atoms with Crippen LogP contribution in [0.15, 0.2) is 60.7 Å². The van der Waals surface area contributed by atoms with Crippen molar-refractivity contribution in [2.75, 3.05) is 13.2 Å². The number of halogens is 1. The second-order valence-corrected chi connectivity index (χ2v) is 8.94. The lowest BCUT2D eigenvalue weighted by atomic mass is 9.98. The fourth-order valence-corrected chi connectivity index (χ4v) is 4.91. The van der Waals surface area contributed by atoms with Gasteiger partial charge >= 0.3 is 6.09 Å². The number of aliphatic hydroxyl groups excluding tert-OH is 2. The van der Waals surface area contributed by atoms with E-state index in [9.17, 15) is 15.0 Å². The van der Waals surface area contributed by atoms with E-state index in [0.717, 1.165) is 11.1 Å². The van der Waals surface area contributed by atoms with Crippen LogP contribution in [0, 0.1) is 0 Å². The lowest BCUT2D eigenvalue weighted by Gasteiger charge is -2.17. The van der Waals surface area contributed by atoms with Gasteiger partial charge in [-0.1, -0.05) is 60.1 Å². The average molecular weight is 444 g/mol. The number of carbonyl (C=O) groups is 1. The molecule has 2 aromatic carbocycles. The van der Waals surface area contributed by atoms with Crippen molar-refractivity contribution in [2.24, 2.45) is 0 Å². The van der Waals surface area contributed by atoms with Crippen LogP contribution >= 0.6 is 22.9 Å². The summed E-state index contributed by atoms with van der Waals surface area (Å²) in [6.45, 7) is 0.423. The predicted octanol–water partition coefficient (Wildman–Crippen LogP) is 4.72. The monoisotopic (exact) mass is 443 g/mol. The number of rotatable bonds is 7. The second-order valence-electron chi connectivity index (χ2n) is 7.20. The van der Waals surface area contributed by atoms with Gasteiger partial charge in [-0.2, -0.15) is 0 Å². The number of ether oxygens (including phenoxy) is 1. The Bertz CT molecular complexity index is 992. The van der Waals surface area contributed by atoms with Crippen molar-refractivity contribution in [3.8, 4) is 11.1 Å². The zero-order valence-corrected chi connectivity index (χ0v) is 17.7. The SMILES string of the molecule is O=C(NCCC(O)C(O)c1ccc(Cl)s1)OCC1c2ccccc2-c2ccccc21. The minimum absolute atomic E-state index is 0.000797. The molecule has 1 heterocycles. The van der Waals surface area contributed by atoms with Crippen LogP contribution < -0.4 is 5.32 Å². The number of carbonyl (C=O) groups excluding carboxylic acids is 1. The van der Waals surface area contributed by atoms with E-state index in [0.29, 0.717) is 9.21 Å². The van der Waals surface area contributed by atoms with Crippen LogP contribution in [0.3, 0.4) is 0 Å². The van der Waals surface area contributed by atoms with Gasteiger partial charge in [0.05, 0.1) is 10.4 Å². The van der Waals surface area contributed by atoms with E-state index in [1.165, 1.54) is 22.5 Å². The zero-order chi connectivity index (χ0) is 21.1. The molecule has 1 aromatic heterocycles. The molecule has 1 amide bonds. The number of thiophene rings is 1. The van der Waals surface area contributed by atoms with E-state index < -0.39 is 18.3 Å². The van der Waals surface area contributed by atoms with E-state index in [-0.39, 0.29) is 25.5 Å². The molecule has 7 heteroatoms. The van der Waals surface area contributed by atoms with Gasteiger partial charge in [0.15, 0.2) is 0 Å². The van der Waals surface area contributed by atoms with Crippen LogP contribution in [0.5, 0.6) is 0 Å². The van der Waals surface area contributed by atoms with Crippen molar-refractivity contribution in [3.63, 3.8) is 0 Å². The van der Waals surface area contributed by atoms with Crippen molar-refractivity contribution in [3.05, 3.63) is 81.0 Å². The van der Waals surface area contributed by atoms with Crippen molar-refractivity contribution in [1.82, 2.24) is 5.32 Å². The molecule has 0 aliphatic heterocycles. The molecule has 0 saturated carbocycles. The molecule has 5 nitrogen and oxygen atoms in total. The maximum atomic E-state index is 12.2. The standard InChI is InChI=1S/C23H22ClNO4S/c24-21-10-9-20(30-21)22(27)19(26)11-12-25-23(28)29-13-18-16-7-3-1-5-14(16)15-6-2-4-8-17(15)18/h1-10,18-19,22,26-27H,11-13H2,(H,25,28). The van der Waals surface area contributed by atoms with Crippen LogP contribution in [0.25, 0.3) is 11.1 Å². The smallest absolute Gasteiger partial charge is 0.407 e. The number of hydrogen-bond acceptors (Lipinski definition) is 5. The van der Waals surface area contributed by atoms with Gasteiger partial charge in [-0.3, -0.25) is 0 Å². The van der Waals surface area contributed by atoms with Crippen molar-refractivity contribution in [1.29, 1.82) is 0 Å². The average Bonchev–Trinajstić information content (AvgIpc) is 3.33. The van der Waals surface area contributed by atoms with Gasteiger partial charge in [-0.15, -0.1) is 11.3 Å². The predicted molar refractivity (Wildman–Crippen MR) is 118 cm³/mol. The van der Waals surface area contributed by atoms with Crippen LogP contribution in [-0.4, -0.2) is 35.6 Å². The Hall–Kier alpha value is -2.38. The fourth-order valence-electron chi connectivity index (χ4n) is 3.81. The topological polar surface area (TPSA) is 78.8 Å². The number of benzene rings is 2. The van der Waals surface area contributed by atoms with E-state index in [1.54, 1.807) is 12.1 Å².